The molecule has 0 saturated carbocycles. The first-order valence-corrected chi connectivity index (χ1v) is 8.19. The standard InChI is InChI=1S/C17H16N2O3S/c1-9-10(2)23-17-15(9)16(20)18-14(19-17)6-4-11-3-5-12-13(7-11)22-8-21-12/h3-7,14,19H,8H2,1-2H3,(H,18,20)/b6-4+/t14-/m0/s1. The number of hydrogen-bond donors (Lipinski definition) is 2. The van der Waals surface area contributed by atoms with Gasteiger partial charge in [0.1, 0.15) is 11.2 Å². The van der Waals surface area contributed by atoms with Gasteiger partial charge in [0.2, 0.25) is 6.79 Å². The highest BCUT2D eigenvalue weighted by atomic mass is 32.1. The molecule has 23 heavy (non-hydrogen) atoms. The Bertz CT molecular complexity index is 825. The van der Waals surface area contributed by atoms with Crippen LogP contribution in [-0.2, 0) is 0 Å². The minimum Gasteiger partial charge on any atom is -0.454 e. The lowest BCUT2D eigenvalue weighted by Gasteiger charge is -2.23. The first-order chi connectivity index (χ1) is 11.1. The first-order valence-electron chi connectivity index (χ1n) is 7.37. The van der Waals surface area contributed by atoms with E-state index in [9.17, 15) is 4.79 Å². The van der Waals surface area contributed by atoms with Crippen LogP contribution in [-0.4, -0.2) is 18.9 Å². The number of amides is 1. The van der Waals surface area contributed by atoms with E-state index in [0.29, 0.717) is 0 Å². The molecule has 2 N–H and O–H groups in total. The lowest BCUT2D eigenvalue weighted by molar-refractivity contribution is 0.0943. The fourth-order valence-corrected chi connectivity index (χ4v) is 3.81. The molecule has 0 spiro atoms. The smallest absolute Gasteiger partial charge is 0.256 e. The molecule has 0 aliphatic carbocycles. The Kier molecular flexibility index (Phi) is 3.27. The van der Waals surface area contributed by atoms with Crippen LogP contribution in [0, 0.1) is 13.8 Å². The highest BCUT2D eigenvalue weighted by molar-refractivity contribution is 7.16. The summed E-state index contributed by atoms with van der Waals surface area (Å²) in [5.74, 6) is 1.49. The monoisotopic (exact) mass is 328 g/mol. The Morgan fingerprint density at radius 2 is 2.04 bits per heavy atom. The zero-order valence-electron chi connectivity index (χ0n) is 12.8. The molecule has 118 valence electrons. The number of nitrogens with one attached hydrogen (secondary N) is 2. The summed E-state index contributed by atoms with van der Waals surface area (Å²) in [4.78, 5) is 13.4. The van der Waals surface area contributed by atoms with Crippen molar-refractivity contribution in [2.75, 3.05) is 12.1 Å². The van der Waals surface area contributed by atoms with Crippen LogP contribution in [0.15, 0.2) is 24.3 Å². The molecular weight excluding hydrogens is 312 g/mol. The summed E-state index contributed by atoms with van der Waals surface area (Å²) in [6.07, 6.45) is 3.67. The van der Waals surface area contributed by atoms with Crippen LogP contribution in [0.3, 0.4) is 0 Å². The SMILES string of the molecule is Cc1sc2c(c1C)C(=O)N[C@H](/C=C/c1ccc3c(c1)OCO3)N2. The number of anilines is 1. The Morgan fingerprint density at radius 1 is 1.22 bits per heavy atom. The van der Waals surface area contributed by atoms with Gasteiger partial charge in [-0.1, -0.05) is 12.1 Å². The van der Waals surface area contributed by atoms with Crippen molar-refractivity contribution in [3.63, 3.8) is 0 Å². The van der Waals surface area contributed by atoms with Gasteiger partial charge in [0.15, 0.2) is 11.5 Å². The normalized spacial score (nSPS) is 18.7. The zero-order valence-corrected chi connectivity index (χ0v) is 13.6. The van der Waals surface area contributed by atoms with Crippen molar-refractivity contribution in [2.24, 2.45) is 0 Å². The van der Waals surface area contributed by atoms with Crippen molar-refractivity contribution >= 4 is 28.3 Å². The van der Waals surface area contributed by atoms with Crippen molar-refractivity contribution in [2.45, 2.75) is 20.0 Å². The van der Waals surface area contributed by atoms with Crippen LogP contribution >= 0.6 is 11.3 Å². The predicted molar refractivity (Wildman–Crippen MR) is 90.3 cm³/mol. The lowest BCUT2D eigenvalue weighted by Crippen LogP contribution is -2.43. The third kappa shape index (κ3) is 2.45. The number of thiophene rings is 1. The van der Waals surface area contributed by atoms with Crippen LogP contribution < -0.4 is 20.1 Å². The van der Waals surface area contributed by atoms with Gasteiger partial charge in [-0.3, -0.25) is 4.79 Å². The zero-order chi connectivity index (χ0) is 16.0. The van der Waals surface area contributed by atoms with E-state index in [1.165, 1.54) is 0 Å². The van der Waals surface area contributed by atoms with E-state index in [0.717, 1.165) is 38.1 Å². The number of fused-ring (bicyclic) bond motifs is 2. The molecule has 2 aliphatic heterocycles. The Hall–Kier alpha value is -2.47. The summed E-state index contributed by atoms with van der Waals surface area (Å²) in [5, 5.41) is 7.25. The third-order valence-electron chi connectivity index (χ3n) is 4.06. The number of benzene rings is 1. The second-order valence-corrected chi connectivity index (χ2v) is 6.78. The largest absolute Gasteiger partial charge is 0.454 e. The molecule has 6 heteroatoms. The molecule has 0 unspecified atom stereocenters. The van der Waals surface area contributed by atoms with E-state index in [1.54, 1.807) is 11.3 Å². The molecule has 1 amide bonds. The molecular formula is C17H16N2O3S. The third-order valence-corrected chi connectivity index (χ3v) is 5.20. The van der Waals surface area contributed by atoms with E-state index >= 15 is 0 Å². The minimum atomic E-state index is -0.224. The summed E-state index contributed by atoms with van der Waals surface area (Å²) in [5.41, 5.74) is 2.81. The van der Waals surface area contributed by atoms with Crippen LogP contribution in [0.1, 0.15) is 26.4 Å². The molecule has 1 atom stereocenters. The molecule has 2 aliphatic rings. The van der Waals surface area contributed by atoms with E-state index in [-0.39, 0.29) is 18.9 Å². The predicted octanol–water partition coefficient (Wildman–Crippen LogP) is 3.29. The maximum atomic E-state index is 12.3. The van der Waals surface area contributed by atoms with Crippen molar-refractivity contribution < 1.29 is 14.3 Å². The number of hydrogen-bond acceptors (Lipinski definition) is 5. The quantitative estimate of drug-likeness (QED) is 0.888. The average Bonchev–Trinajstić information content (AvgIpc) is 3.10. The number of carbonyl (C=O) groups is 1. The second-order valence-electron chi connectivity index (χ2n) is 5.55. The van der Waals surface area contributed by atoms with Crippen LogP contribution in [0.5, 0.6) is 11.5 Å². The Balaban J connectivity index is 1.55. The maximum absolute atomic E-state index is 12.3. The van der Waals surface area contributed by atoms with Crippen molar-refractivity contribution in [1.82, 2.24) is 5.32 Å². The van der Waals surface area contributed by atoms with Crippen LogP contribution in [0.2, 0.25) is 0 Å². The van der Waals surface area contributed by atoms with Gasteiger partial charge in [0.05, 0.1) is 5.56 Å². The number of ether oxygens (including phenoxy) is 2. The Labute approximate surface area is 137 Å². The highest BCUT2D eigenvalue weighted by Gasteiger charge is 2.26. The summed E-state index contributed by atoms with van der Waals surface area (Å²) in [7, 11) is 0. The number of rotatable bonds is 2. The van der Waals surface area contributed by atoms with E-state index in [2.05, 4.69) is 10.6 Å². The van der Waals surface area contributed by atoms with E-state index < -0.39 is 0 Å². The first kappa shape index (κ1) is 14.1. The number of carbonyl (C=O) groups excluding carboxylic acids is 1. The molecule has 0 radical (unpaired) electrons. The molecule has 3 heterocycles. The summed E-state index contributed by atoms with van der Waals surface area (Å²) in [6, 6.07) is 5.77. The topological polar surface area (TPSA) is 59.6 Å². The molecule has 2 aromatic rings. The van der Waals surface area contributed by atoms with Crippen LogP contribution in [0.4, 0.5) is 5.00 Å². The molecule has 0 saturated heterocycles. The lowest BCUT2D eigenvalue weighted by atomic mass is 10.1. The average molecular weight is 328 g/mol. The van der Waals surface area contributed by atoms with Crippen molar-refractivity contribution in [1.29, 1.82) is 0 Å². The van der Waals surface area contributed by atoms with Gasteiger partial charge in [-0.15, -0.1) is 11.3 Å². The van der Waals surface area contributed by atoms with Gasteiger partial charge >= 0.3 is 0 Å². The van der Waals surface area contributed by atoms with Gasteiger partial charge in [0, 0.05) is 4.88 Å². The molecule has 0 fully saturated rings. The van der Waals surface area contributed by atoms with E-state index in [1.807, 2.05) is 44.2 Å². The van der Waals surface area contributed by atoms with E-state index in [4.69, 9.17) is 9.47 Å². The van der Waals surface area contributed by atoms with Gasteiger partial charge in [0.25, 0.3) is 5.91 Å². The minimum absolute atomic E-state index is 0.0269. The second kappa shape index (κ2) is 5.31. The van der Waals surface area contributed by atoms with Gasteiger partial charge in [-0.25, -0.2) is 0 Å². The summed E-state index contributed by atoms with van der Waals surface area (Å²) >= 11 is 1.62. The van der Waals surface area contributed by atoms with Gasteiger partial charge in [-0.05, 0) is 43.2 Å². The van der Waals surface area contributed by atoms with Crippen LogP contribution in [0.25, 0.3) is 6.08 Å². The fourth-order valence-electron chi connectivity index (χ4n) is 2.71. The Morgan fingerprint density at radius 3 is 2.91 bits per heavy atom. The molecule has 1 aromatic carbocycles. The van der Waals surface area contributed by atoms with Crippen molar-refractivity contribution in [3.8, 4) is 11.5 Å². The molecule has 4 rings (SSSR count). The summed E-state index contributed by atoms with van der Waals surface area (Å²) in [6.45, 7) is 4.28. The van der Waals surface area contributed by atoms with Gasteiger partial charge < -0.3 is 20.1 Å². The fraction of sp³-hybridized carbons (Fsp3) is 0.235. The molecule has 1 aromatic heterocycles. The molecule has 0 bridgehead atoms. The number of aryl methyl sites for hydroxylation is 1. The maximum Gasteiger partial charge on any atom is 0.256 e. The molecule has 5 nitrogen and oxygen atoms in total. The van der Waals surface area contributed by atoms with Gasteiger partial charge in [-0.2, -0.15) is 0 Å². The summed E-state index contributed by atoms with van der Waals surface area (Å²) < 4.78 is 10.7. The highest BCUT2D eigenvalue weighted by Crippen LogP contribution is 2.35. The van der Waals surface area contributed by atoms with Crippen molar-refractivity contribution in [3.05, 3.63) is 45.8 Å².